The zero-order valence-corrected chi connectivity index (χ0v) is 14.1. The number of carbonyl (C=O) groups excluding carboxylic acids is 1. The van der Waals surface area contributed by atoms with Crippen molar-refractivity contribution in [1.29, 1.82) is 0 Å². The van der Waals surface area contributed by atoms with Crippen LogP contribution in [0.25, 0.3) is 10.2 Å². The van der Waals surface area contributed by atoms with Crippen LogP contribution in [0.4, 0.5) is 0 Å². The highest BCUT2D eigenvalue weighted by Gasteiger charge is 2.11. The van der Waals surface area contributed by atoms with E-state index in [1.54, 1.807) is 11.3 Å². The second-order valence-corrected chi connectivity index (χ2v) is 6.59. The SMILES string of the molecule is Cc1noc(C)c1CCC(=O)NCCc1nc2ccccc2s1. The lowest BCUT2D eigenvalue weighted by molar-refractivity contribution is -0.121. The highest BCUT2D eigenvalue weighted by molar-refractivity contribution is 7.18. The summed E-state index contributed by atoms with van der Waals surface area (Å²) in [7, 11) is 0. The molecule has 3 aromatic rings. The van der Waals surface area contributed by atoms with E-state index >= 15 is 0 Å². The number of benzene rings is 1. The predicted molar refractivity (Wildman–Crippen MR) is 90.6 cm³/mol. The van der Waals surface area contributed by atoms with Crippen molar-refractivity contribution in [2.75, 3.05) is 6.54 Å². The molecule has 5 nitrogen and oxygen atoms in total. The van der Waals surface area contributed by atoms with Gasteiger partial charge in [-0.15, -0.1) is 11.3 Å². The Morgan fingerprint density at radius 1 is 1.26 bits per heavy atom. The van der Waals surface area contributed by atoms with Gasteiger partial charge in [-0.2, -0.15) is 0 Å². The first-order valence-electron chi connectivity index (χ1n) is 7.66. The molecule has 2 heterocycles. The second-order valence-electron chi connectivity index (χ2n) is 5.48. The minimum atomic E-state index is 0.0473. The molecule has 1 aromatic carbocycles. The number of aromatic nitrogens is 2. The molecule has 0 saturated heterocycles. The van der Waals surface area contributed by atoms with Crippen molar-refractivity contribution in [2.45, 2.75) is 33.1 Å². The van der Waals surface area contributed by atoms with E-state index in [0.717, 1.165) is 34.0 Å². The van der Waals surface area contributed by atoms with Crippen molar-refractivity contribution < 1.29 is 9.32 Å². The van der Waals surface area contributed by atoms with Gasteiger partial charge in [0.25, 0.3) is 0 Å². The van der Waals surface area contributed by atoms with E-state index in [-0.39, 0.29) is 5.91 Å². The fourth-order valence-electron chi connectivity index (χ4n) is 2.52. The Balaban J connectivity index is 1.46. The lowest BCUT2D eigenvalue weighted by atomic mass is 10.1. The van der Waals surface area contributed by atoms with Crippen LogP contribution in [0.1, 0.15) is 28.4 Å². The molecule has 0 saturated carbocycles. The summed E-state index contributed by atoms with van der Waals surface area (Å²) in [6.45, 7) is 4.39. The molecule has 0 atom stereocenters. The van der Waals surface area contributed by atoms with Crippen LogP contribution in [-0.4, -0.2) is 22.6 Å². The van der Waals surface area contributed by atoms with Gasteiger partial charge in [-0.25, -0.2) is 4.98 Å². The van der Waals surface area contributed by atoms with Gasteiger partial charge in [0.15, 0.2) is 0 Å². The Kier molecular flexibility index (Phi) is 4.71. The molecule has 0 fully saturated rings. The average Bonchev–Trinajstić information content (AvgIpc) is 3.08. The summed E-state index contributed by atoms with van der Waals surface area (Å²) < 4.78 is 6.29. The van der Waals surface area contributed by atoms with Crippen LogP contribution in [-0.2, 0) is 17.6 Å². The summed E-state index contributed by atoms with van der Waals surface area (Å²) in [5, 5.41) is 7.91. The fourth-order valence-corrected chi connectivity index (χ4v) is 3.49. The molecule has 0 aliphatic rings. The summed E-state index contributed by atoms with van der Waals surface area (Å²) in [5.41, 5.74) is 2.92. The highest BCUT2D eigenvalue weighted by atomic mass is 32.1. The van der Waals surface area contributed by atoms with Crippen molar-refractivity contribution in [2.24, 2.45) is 0 Å². The topological polar surface area (TPSA) is 68.0 Å². The molecular formula is C17H19N3O2S. The Morgan fingerprint density at radius 2 is 2.09 bits per heavy atom. The van der Waals surface area contributed by atoms with E-state index in [1.165, 1.54) is 4.70 Å². The molecule has 0 unspecified atom stereocenters. The molecule has 0 aliphatic heterocycles. The number of fused-ring (bicyclic) bond motifs is 1. The van der Waals surface area contributed by atoms with Gasteiger partial charge in [-0.1, -0.05) is 17.3 Å². The number of rotatable bonds is 6. The van der Waals surface area contributed by atoms with Crippen LogP contribution in [0.2, 0.25) is 0 Å². The van der Waals surface area contributed by atoms with Gasteiger partial charge in [0.05, 0.1) is 20.9 Å². The van der Waals surface area contributed by atoms with Gasteiger partial charge < -0.3 is 9.84 Å². The average molecular weight is 329 g/mol. The molecule has 2 aromatic heterocycles. The van der Waals surface area contributed by atoms with E-state index in [4.69, 9.17) is 4.52 Å². The number of hydrogen-bond acceptors (Lipinski definition) is 5. The first kappa shape index (κ1) is 15.7. The molecule has 23 heavy (non-hydrogen) atoms. The molecule has 3 rings (SSSR count). The van der Waals surface area contributed by atoms with Crippen molar-refractivity contribution in [1.82, 2.24) is 15.5 Å². The minimum Gasteiger partial charge on any atom is -0.361 e. The minimum absolute atomic E-state index is 0.0473. The molecule has 0 bridgehead atoms. The number of amides is 1. The molecule has 0 spiro atoms. The van der Waals surface area contributed by atoms with Crippen LogP contribution < -0.4 is 5.32 Å². The molecule has 1 amide bonds. The number of hydrogen-bond donors (Lipinski definition) is 1. The third kappa shape index (κ3) is 3.76. The third-order valence-corrected chi connectivity index (χ3v) is 4.88. The Labute approximate surface area is 138 Å². The number of aryl methyl sites for hydroxylation is 2. The maximum atomic E-state index is 11.9. The zero-order valence-electron chi connectivity index (χ0n) is 13.3. The summed E-state index contributed by atoms with van der Waals surface area (Å²) in [6, 6.07) is 8.08. The van der Waals surface area contributed by atoms with Crippen molar-refractivity contribution in [3.63, 3.8) is 0 Å². The van der Waals surface area contributed by atoms with E-state index in [0.29, 0.717) is 19.4 Å². The van der Waals surface area contributed by atoms with Gasteiger partial charge in [-0.05, 0) is 32.4 Å². The second kappa shape index (κ2) is 6.91. The summed E-state index contributed by atoms with van der Waals surface area (Å²) >= 11 is 1.68. The summed E-state index contributed by atoms with van der Waals surface area (Å²) in [4.78, 5) is 16.5. The van der Waals surface area contributed by atoms with Crippen LogP contribution in [0.15, 0.2) is 28.8 Å². The van der Waals surface area contributed by atoms with Crippen molar-refractivity contribution in [3.05, 3.63) is 46.3 Å². The van der Waals surface area contributed by atoms with Gasteiger partial charge in [-0.3, -0.25) is 4.79 Å². The van der Waals surface area contributed by atoms with E-state index < -0.39 is 0 Å². The van der Waals surface area contributed by atoms with Crippen LogP contribution in [0.3, 0.4) is 0 Å². The third-order valence-electron chi connectivity index (χ3n) is 3.78. The first-order valence-corrected chi connectivity index (χ1v) is 8.48. The van der Waals surface area contributed by atoms with Crippen LogP contribution in [0, 0.1) is 13.8 Å². The molecule has 0 aliphatic carbocycles. The summed E-state index contributed by atoms with van der Waals surface area (Å²) in [6.07, 6.45) is 1.87. The number of para-hydroxylation sites is 1. The number of nitrogens with one attached hydrogen (secondary N) is 1. The van der Waals surface area contributed by atoms with Gasteiger partial charge in [0, 0.05) is 24.9 Å². The lowest BCUT2D eigenvalue weighted by Gasteiger charge is -2.03. The monoisotopic (exact) mass is 329 g/mol. The molecule has 120 valence electrons. The molecule has 6 heteroatoms. The van der Waals surface area contributed by atoms with E-state index in [1.807, 2.05) is 32.0 Å². The number of carbonyl (C=O) groups is 1. The van der Waals surface area contributed by atoms with Crippen molar-refractivity contribution in [3.8, 4) is 0 Å². The lowest BCUT2D eigenvalue weighted by Crippen LogP contribution is -2.25. The van der Waals surface area contributed by atoms with Gasteiger partial charge >= 0.3 is 0 Å². The zero-order chi connectivity index (χ0) is 16.2. The molecule has 0 radical (unpaired) electrons. The maximum Gasteiger partial charge on any atom is 0.220 e. The Hall–Kier alpha value is -2.21. The Bertz CT molecular complexity index is 770. The van der Waals surface area contributed by atoms with E-state index in [2.05, 4.69) is 21.5 Å². The van der Waals surface area contributed by atoms with Crippen LogP contribution >= 0.6 is 11.3 Å². The largest absolute Gasteiger partial charge is 0.361 e. The predicted octanol–water partition coefficient (Wildman–Crippen LogP) is 3.19. The smallest absolute Gasteiger partial charge is 0.220 e. The highest BCUT2D eigenvalue weighted by Crippen LogP contribution is 2.21. The maximum absolute atomic E-state index is 11.9. The number of nitrogens with zero attached hydrogens (tertiary/aromatic N) is 2. The van der Waals surface area contributed by atoms with Gasteiger partial charge in [0.2, 0.25) is 5.91 Å². The summed E-state index contributed by atoms with van der Waals surface area (Å²) in [5.74, 6) is 0.843. The van der Waals surface area contributed by atoms with Crippen molar-refractivity contribution >= 4 is 27.5 Å². The van der Waals surface area contributed by atoms with Crippen LogP contribution in [0.5, 0.6) is 0 Å². The molecular weight excluding hydrogens is 310 g/mol. The first-order chi connectivity index (χ1) is 11.1. The normalized spacial score (nSPS) is 11.0. The fraction of sp³-hybridized carbons (Fsp3) is 0.353. The van der Waals surface area contributed by atoms with Gasteiger partial charge in [0.1, 0.15) is 5.76 Å². The van der Waals surface area contributed by atoms with E-state index in [9.17, 15) is 4.79 Å². The standard InChI is InChI=1S/C17H19N3O2S/c1-11-13(12(2)22-20-11)7-8-16(21)18-10-9-17-19-14-5-3-4-6-15(14)23-17/h3-6H,7-10H2,1-2H3,(H,18,21). The number of thiazole rings is 1. The Morgan fingerprint density at radius 3 is 2.83 bits per heavy atom. The molecule has 1 N–H and O–H groups in total. The quantitative estimate of drug-likeness (QED) is 0.754.